The molecule has 0 bridgehead atoms. The van der Waals surface area contributed by atoms with Crippen LogP contribution in [0.15, 0.2) is 0 Å². The van der Waals surface area contributed by atoms with E-state index in [-0.39, 0.29) is 5.91 Å². The van der Waals surface area contributed by atoms with E-state index in [1.807, 2.05) is 6.92 Å². The van der Waals surface area contributed by atoms with Crippen molar-refractivity contribution < 1.29 is 4.79 Å². The van der Waals surface area contributed by atoms with Crippen molar-refractivity contribution in [3.63, 3.8) is 0 Å². The first-order chi connectivity index (χ1) is 9.95. The fourth-order valence-electron chi connectivity index (χ4n) is 2.56. The van der Waals surface area contributed by atoms with Gasteiger partial charge in [0.25, 0.3) is 0 Å². The normalized spacial score (nSPS) is 20.7. The first kappa shape index (κ1) is 16.4. The maximum atomic E-state index is 12.1. The van der Waals surface area contributed by atoms with Gasteiger partial charge in [0, 0.05) is 49.9 Å². The Bertz CT molecular complexity index is 469. The molecule has 1 atom stereocenters. The maximum Gasteiger partial charge on any atom is 0.221 e. The molecule has 1 aliphatic rings. The number of carbonyl (C=O) groups is 1. The number of piperazine rings is 1. The molecule has 6 heteroatoms. The third kappa shape index (κ3) is 4.76. The summed E-state index contributed by atoms with van der Waals surface area (Å²) in [6.45, 7) is 7.88. The Balaban J connectivity index is 1.72. The number of amides is 1. The van der Waals surface area contributed by atoms with Gasteiger partial charge in [0.2, 0.25) is 5.91 Å². The Kier molecular flexibility index (Phi) is 5.72. The van der Waals surface area contributed by atoms with E-state index in [2.05, 4.69) is 41.1 Å². The Labute approximate surface area is 131 Å². The molecule has 0 unspecified atom stereocenters. The summed E-state index contributed by atoms with van der Waals surface area (Å²) in [4.78, 5) is 22.4. The SMILES string of the molecule is Cc1nc(CCNC(=O)C[C@H]2CN(C)CCN2C)sc1C. The van der Waals surface area contributed by atoms with Crippen LogP contribution in [0.3, 0.4) is 0 Å². The van der Waals surface area contributed by atoms with Gasteiger partial charge in [0.05, 0.1) is 10.7 Å². The van der Waals surface area contributed by atoms with Crippen LogP contribution in [0.4, 0.5) is 0 Å². The van der Waals surface area contributed by atoms with Gasteiger partial charge in [0.1, 0.15) is 0 Å². The molecule has 2 heterocycles. The lowest BCUT2D eigenvalue weighted by Gasteiger charge is -2.37. The number of hydrogen-bond donors (Lipinski definition) is 1. The number of aryl methyl sites for hydroxylation is 2. The Morgan fingerprint density at radius 1 is 1.38 bits per heavy atom. The van der Waals surface area contributed by atoms with Gasteiger partial charge in [-0.15, -0.1) is 11.3 Å². The standard InChI is InChI=1S/C15H26N4OS/c1-11-12(2)21-15(17-11)5-6-16-14(20)9-13-10-18(3)7-8-19(13)4/h13H,5-10H2,1-4H3,(H,16,20)/t13-/m0/s1. The van der Waals surface area contributed by atoms with E-state index in [0.717, 1.165) is 36.8 Å². The lowest BCUT2D eigenvalue weighted by atomic mass is 10.1. The maximum absolute atomic E-state index is 12.1. The van der Waals surface area contributed by atoms with Crippen molar-refractivity contribution in [2.24, 2.45) is 0 Å². The Morgan fingerprint density at radius 2 is 2.14 bits per heavy atom. The zero-order chi connectivity index (χ0) is 15.4. The van der Waals surface area contributed by atoms with E-state index in [4.69, 9.17) is 0 Å². The average molecular weight is 310 g/mol. The highest BCUT2D eigenvalue weighted by Crippen LogP contribution is 2.16. The van der Waals surface area contributed by atoms with Gasteiger partial charge < -0.3 is 15.1 Å². The molecular weight excluding hydrogens is 284 g/mol. The highest BCUT2D eigenvalue weighted by Gasteiger charge is 2.24. The van der Waals surface area contributed by atoms with Gasteiger partial charge in [0.15, 0.2) is 0 Å². The molecule has 1 aliphatic heterocycles. The second-order valence-corrected chi connectivity index (χ2v) is 7.24. The number of thiazole rings is 1. The molecule has 1 N–H and O–H groups in total. The van der Waals surface area contributed by atoms with Crippen LogP contribution in [0.1, 0.15) is 22.0 Å². The topological polar surface area (TPSA) is 48.5 Å². The van der Waals surface area contributed by atoms with E-state index in [1.54, 1.807) is 11.3 Å². The fraction of sp³-hybridized carbons (Fsp3) is 0.733. The molecule has 0 saturated carbocycles. The second kappa shape index (κ2) is 7.33. The molecule has 118 valence electrons. The van der Waals surface area contributed by atoms with Crippen molar-refractivity contribution in [1.82, 2.24) is 20.1 Å². The number of aromatic nitrogens is 1. The van der Waals surface area contributed by atoms with Crippen molar-refractivity contribution in [3.8, 4) is 0 Å². The van der Waals surface area contributed by atoms with Crippen LogP contribution in [0.2, 0.25) is 0 Å². The monoisotopic (exact) mass is 310 g/mol. The highest BCUT2D eigenvalue weighted by atomic mass is 32.1. The minimum atomic E-state index is 0.146. The average Bonchev–Trinajstić information content (AvgIpc) is 2.73. The third-order valence-electron chi connectivity index (χ3n) is 4.14. The summed E-state index contributed by atoms with van der Waals surface area (Å²) in [5.74, 6) is 0.146. The summed E-state index contributed by atoms with van der Waals surface area (Å²) in [6.07, 6.45) is 1.41. The van der Waals surface area contributed by atoms with E-state index < -0.39 is 0 Å². The lowest BCUT2D eigenvalue weighted by Crippen LogP contribution is -2.51. The van der Waals surface area contributed by atoms with Gasteiger partial charge in [-0.1, -0.05) is 0 Å². The molecule has 0 spiro atoms. The van der Waals surface area contributed by atoms with E-state index >= 15 is 0 Å². The van der Waals surface area contributed by atoms with Gasteiger partial charge in [-0.2, -0.15) is 0 Å². The number of nitrogens with zero attached hydrogens (tertiary/aromatic N) is 3. The summed E-state index contributed by atoms with van der Waals surface area (Å²) in [6, 6.07) is 0.327. The molecule has 1 saturated heterocycles. The first-order valence-electron chi connectivity index (χ1n) is 7.54. The highest BCUT2D eigenvalue weighted by molar-refractivity contribution is 7.11. The van der Waals surface area contributed by atoms with Crippen molar-refractivity contribution in [2.75, 3.05) is 40.3 Å². The number of carbonyl (C=O) groups excluding carboxylic acids is 1. The minimum Gasteiger partial charge on any atom is -0.356 e. The van der Waals surface area contributed by atoms with Crippen LogP contribution in [0.25, 0.3) is 0 Å². The largest absolute Gasteiger partial charge is 0.356 e. The third-order valence-corrected chi connectivity index (χ3v) is 5.27. The molecule has 0 radical (unpaired) electrons. The predicted octanol–water partition coefficient (Wildman–Crippen LogP) is 1.05. The lowest BCUT2D eigenvalue weighted by molar-refractivity contribution is -0.122. The number of likely N-dealkylation sites (N-methyl/N-ethyl adjacent to an activating group) is 2. The van der Waals surface area contributed by atoms with E-state index in [0.29, 0.717) is 19.0 Å². The summed E-state index contributed by atoms with van der Waals surface area (Å²) >= 11 is 1.73. The van der Waals surface area contributed by atoms with Crippen molar-refractivity contribution in [1.29, 1.82) is 0 Å². The Morgan fingerprint density at radius 3 is 2.81 bits per heavy atom. The molecule has 0 aromatic carbocycles. The van der Waals surface area contributed by atoms with Gasteiger partial charge in [-0.05, 0) is 27.9 Å². The molecule has 1 aromatic rings. The van der Waals surface area contributed by atoms with Crippen LogP contribution in [0.5, 0.6) is 0 Å². The number of rotatable bonds is 5. The molecular formula is C15H26N4OS. The van der Waals surface area contributed by atoms with E-state index in [9.17, 15) is 4.79 Å². The van der Waals surface area contributed by atoms with Crippen molar-refractivity contribution in [3.05, 3.63) is 15.6 Å². The van der Waals surface area contributed by atoms with Crippen LogP contribution < -0.4 is 5.32 Å². The van der Waals surface area contributed by atoms with Gasteiger partial charge >= 0.3 is 0 Å². The predicted molar refractivity (Wildman–Crippen MR) is 86.8 cm³/mol. The van der Waals surface area contributed by atoms with E-state index in [1.165, 1.54) is 4.88 Å². The molecule has 0 aliphatic carbocycles. The molecule has 1 fully saturated rings. The second-order valence-electron chi connectivity index (χ2n) is 5.95. The molecule has 1 amide bonds. The molecule has 1 aromatic heterocycles. The zero-order valence-electron chi connectivity index (χ0n) is 13.5. The Hall–Kier alpha value is -0.980. The molecule has 5 nitrogen and oxygen atoms in total. The van der Waals surface area contributed by atoms with Gasteiger partial charge in [-0.25, -0.2) is 4.98 Å². The summed E-state index contributed by atoms with van der Waals surface area (Å²) in [5, 5.41) is 4.14. The van der Waals surface area contributed by atoms with Crippen LogP contribution in [-0.4, -0.2) is 67.0 Å². The number of nitrogens with one attached hydrogen (secondary N) is 1. The minimum absolute atomic E-state index is 0.146. The van der Waals surface area contributed by atoms with Crippen LogP contribution in [-0.2, 0) is 11.2 Å². The smallest absolute Gasteiger partial charge is 0.221 e. The van der Waals surface area contributed by atoms with Gasteiger partial charge in [-0.3, -0.25) is 4.79 Å². The number of hydrogen-bond acceptors (Lipinski definition) is 5. The van der Waals surface area contributed by atoms with Crippen molar-refractivity contribution in [2.45, 2.75) is 32.7 Å². The first-order valence-corrected chi connectivity index (χ1v) is 8.35. The summed E-state index contributed by atoms with van der Waals surface area (Å²) in [7, 11) is 4.22. The fourth-order valence-corrected chi connectivity index (χ4v) is 3.50. The van der Waals surface area contributed by atoms with Crippen LogP contribution in [0, 0.1) is 13.8 Å². The van der Waals surface area contributed by atoms with Crippen molar-refractivity contribution >= 4 is 17.2 Å². The zero-order valence-corrected chi connectivity index (χ0v) is 14.3. The van der Waals surface area contributed by atoms with Crippen LogP contribution >= 0.6 is 11.3 Å². The summed E-state index contributed by atoms with van der Waals surface area (Å²) < 4.78 is 0. The summed E-state index contributed by atoms with van der Waals surface area (Å²) in [5.41, 5.74) is 1.10. The molecule has 21 heavy (non-hydrogen) atoms. The molecule has 2 rings (SSSR count). The quantitative estimate of drug-likeness (QED) is 0.883.